The second-order valence-corrected chi connectivity index (χ2v) is 5.51. The lowest BCUT2D eigenvalue weighted by atomic mass is 9.93. The summed E-state index contributed by atoms with van der Waals surface area (Å²) in [5, 5.41) is 0.234. The maximum atomic E-state index is 6.51. The Kier molecular flexibility index (Phi) is 4.22. The van der Waals surface area contributed by atoms with Crippen molar-refractivity contribution in [1.82, 2.24) is 4.98 Å². The monoisotopic (exact) mass is 237 g/mol. The van der Waals surface area contributed by atoms with Crippen molar-refractivity contribution in [1.29, 1.82) is 0 Å². The average molecular weight is 238 g/mol. The Hall–Kier alpha value is -0.560. The van der Waals surface area contributed by atoms with Gasteiger partial charge in [0.1, 0.15) is 0 Å². The van der Waals surface area contributed by atoms with Crippen molar-refractivity contribution in [2.75, 3.05) is 0 Å². The largest absolute Gasteiger partial charge is 0.261 e. The summed E-state index contributed by atoms with van der Waals surface area (Å²) in [7, 11) is 0. The minimum atomic E-state index is 0.234. The molecule has 2 rings (SSSR count). The Balaban J connectivity index is 1.91. The molecule has 16 heavy (non-hydrogen) atoms. The van der Waals surface area contributed by atoms with Crippen molar-refractivity contribution in [3.05, 3.63) is 30.1 Å². The van der Waals surface area contributed by atoms with E-state index in [4.69, 9.17) is 11.6 Å². The molecule has 0 radical (unpaired) electrons. The molecule has 0 N–H and O–H groups in total. The van der Waals surface area contributed by atoms with Crippen LogP contribution in [0.1, 0.15) is 50.6 Å². The third kappa shape index (κ3) is 2.98. The normalized spacial score (nSPS) is 20.9. The molecule has 1 saturated carbocycles. The molecule has 1 aromatic rings. The van der Waals surface area contributed by atoms with E-state index in [1.807, 2.05) is 18.3 Å². The van der Waals surface area contributed by atoms with Crippen LogP contribution >= 0.6 is 11.6 Å². The van der Waals surface area contributed by atoms with Crippen molar-refractivity contribution in [3.63, 3.8) is 0 Å². The Morgan fingerprint density at radius 1 is 1.38 bits per heavy atom. The fraction of sp³-hybridized carbons (Fsp3) is 0.643. The van der Waals surface area contributed by atoms with E-state index in [-0.39, 0.29) is 5.38 Å². The molecule has 1 heterocycles. The molecule has 1 aliphatic carbocycles. The molecule has 0 aliphatic heterocycles. The molecule has 2 unspecified atom stereocenters. The van der Waals surface area contributed by atoms with E-state index in [9.17, 15) is 0 Å². The Labute approximate surface area is 103 Å². The van der Waals surface area contributed by atoms with E-state index in [0.29, 0.717) is 5.92 Å². The lowest BCUT2D eigenvalue weighted by molar-refractivity contribution is 0.462. The maximum absolute atomic E-state index is 6.51. The van der Waals surface area contributed by atoms with Gasteiger partial charge in [0.25, 0.3) is 0 Å². The Bertz CT molecular complexity index is 306. The minimum Gasteiger partial charge on any atom is -0.261 e. The number of pyridine rings is 1. The second-order valence-electron chi connectivity index (χ2n) is 4.95. The van der Waals surface area contributed by atoms with E-state index in [2.05, 4.69) is 18.0 Å². The van der Waals surface area contributed by atoms with Gasteiger partial charge in [-0.05, 0) is 24.5 Å². The van der Waals surface area contributed by atoms with Gasteiger partial charge in [0, 0.05) is 23.2 Å². The number of alkyl halides is 1. The molecule has 0 saturated heterocycles. The Morgan fingerprint density at radius 2 is 2.12 bits per heavy atom. The molecule has 88 valence electrons. The fourth-order valence-corrected chi connectivity index (χ4v) is 2.98. The number of halogens is 1. The van der Waals surface area contributed by atoms with Gasteiger partial charge in [0.05, 0.1) is 0 Å². The van der Waals surface area contributed by atoms with Crippen LogP contribution in [0.3, 0.4) is 0 Å². The predicted molar refractivity (Wildman–Crippen MR) is 68.9 cm³/mol. The second kappa shape index (κ2) is 5.67. The zero-order valence-electron chi connectivity index (χ0n) is 9.90. The van der Waals surface area contributed by atoms with Crippen LogP contribution in [0.4, 0.5) is 0 Å². The highest BCUT2D eigenvalue weighted by molar-refractivity contribution is 6.21. The van der Waals surface area contributed by atoms with E-state index >= 15 is 0 Å². The molecule has 0 aromatic carbocycles. The van der Waals surface area contributed by atoms with E-state index in [1.54, 1.807) is 0 Å². The zero-order chi connectivity index (χ0) is 11.4. The lowest BCUT2D eigenvalue weighted by Gasteiger charge is -2.20. The van der Waals surface area contributed by atoms with Gasteiger partial charge in [-0.25, -0.2) is 0 Å². The van der Waals surface area contributed by atoms with Crippen LogP contribution in [-0.4, -0.2) is 10.4 Å². The highest BCUT2D eigenvalue weighted by atomic mass is 35.5. The first kappa shape index (κ1) is 11.9. The first-order chi connectivity index (χ1) is 7.77. The molecule has 0 amide bonds. The molecule has 1 aromatic heterocycles. The zero-order valence-corrected chi connectivity index (χ0v) is 10.7. The third-order valence-electron chi connectivity index (χ3n) is 3.73. The quantitative estimate of drug-likeness (QED) is 0.709. The van der Waals surface area contributed by atoms with Gasteiger partial charge < -0.3 is 0 Å². The van der Waals surface area contributed by atoms with Gasteiger partial charge in [0.15, 0.2) is 0 Å². The summed E-state index contributed by atoms with van der Waals surface area (Å²) in [5.74, 6) is 1.22. The van der Waals surface area contributed by atoms with Crippen molar-refractivity contribution in [3.8, 4) is 0 Å². The van der Waals surface area contributed by atoms with Crippen molar-refractivity contribution >= 4 is 11.6 Å². The van der Waals surface area contributed by atoms with Crippen LogP contribution in [-0.2, 0) is 0 Å². The molecule has 1 fully saturated rings. The summed E-state index contributed by atoms with van der Waals surface area (Å²) >= 11 is 6.51. The van der Waals surface area contributed by atoms with Crippen LogP contribution in [0.15, 0.2) is 24.4 Å². The smallest absolute Gasteiger partial charge is 0.0446 e. The maximum Gasteiger partial charge on any atom is 0.0446 e. The van der Waals surface area contributed by atoms with Crippen LogP contribution in [0.2, 0.25) is 0 Å². The van der Waals surface area contributed by atoms with Gasteiger partial charge in [-0.15, -0.1) is 11.6 Å². The molecular formula is C14H20ClN. The van der Waals surface area contributed by atoms with Gasteiger partial charge >= 0.3 is 0 Å². The average Bonchev–Trinajstić information content (AvgIpc) is 2.82. The SMILES string of the molecule is CC(c1ccccn1)C(Cl)CC1CCCC1. The van der Waals surface area contributed by atoms with Gasteiger partial charge in [-0.2, -0.15) is 0 Å². The molecule has 0 bridgehead atoms. The number of rotatable bonds is 4. The minimum absolute atomic E-state index is 0.234. The molecule has 2 heteroatoms. The summed E-state index contributed by atoms with van der Waals surface area (Å²) < 4.78 is 0. The Morgan fingerprint density at radius 3 is 2.75 bits per heavy atom. The fourth-order valence-electron chi connectivity index (χ4n) is 2.60. The van der Waals surface area contributed by atoms with Crippen molar-refractivity contribution in [2.24, 2.45) is 5.92 Å². The van der Waals surface area contributed by atoms with E-state index in [1.165, 1.54) is 25.7 Å². The first-order valence-electron chi connectivity index (χ1n) is 6.32. The molecule has 0 spiro atoms. The number of aromatic nitrogens is 1. The third-order valence-corrected chi connectivity index (χ3v) is 4.29. The summed E-state index contributed by atoms with van der Waals surface area (Å²) in [6.45, 7) is 2.19. The predicted octanol–water partition coefficient (Wildman–Crippen LogP) is 4.37. The number of hydrogen-bond acceptors (Lipinski definition) is 1. The highest BCUT2D eigenvalue weighted by Gasteiger charge is 2.23. The standard InChI is InChI=1S/C14H20ClN/c1-11(14-8-4-5-9-16-14)13(15)10-12-6-2-3-7-12/h4-5,8-9,11-13H,2-3,6-7,10H2,1H3. The van der Waals surface area contributed by atoms with Gasteiger partial charge in [0.2, 0.25) is 0 Å². The van der Waals surface area contributed by atoms with E-state index in [0.717, 1.165) is 18.0 Å². The molecule has 1 nitrogen and oxygen atoms in total. The number of hydrogen-bond donors (Lipinski definition) is 0. The van der Waals surface area contributed by atoms with E-state index < -0.39 is 0 Å². The molecule has 1 aliphatic rings. The molecule has 2 atom stereocenters. The van der Waals surface area contributed by atoms with Crippen molar-refractivity contribution in [2.45, 2.75) is 50.3 Å². The van der Waals surface area contributed by atoms with Crippen LogP contribution in [0.5, 0.6) is 0 Å². The summed E-state index contributed by atoms with van der Waals surface area (Å²) in [5.41, 5.74) is 1.13. The molecular weight excluding hydrogens is 218 g/mol. The van der Waals surface area contributed by atoms with Gasteiger partial charge in [-0.3, -0.25) is 4.98 Å². The van der Waals surface area contributed by atoms with Crippen LogP contribution < -0.4 is 0 Å². The van der Waals surface area contributed by atoms with Gasteiger partial charge in [-0.1, -0.05) is 38.7 Å². The summed E-state index contributed by atoms with van der Waals surface area (Å²) in [6.07, 6.45) is 8.54. The van der Waals surface area contributed by atoms with Crippen molar-refractivity contribution < 1.29 is 0 Å². The topological polar surface area (TPSA) is 12.9 Å². The lowest BCUT2D eigenvalue weighted by Crippen LogP contribution is -2.14. The summed E-state index contributed by atoms with van der Waals surface area (Å²) in [4.78, 5) is 4.39. The van der Waals surface area contributed by atoms with Crippen LogP contribution in [0, 0.1) is 5.92 Å². The highest BCUT2D eigenvalue weighted by Crippen LogP contribution is 2.34. The first-order valence-corrected chi connectivity index (χ1v) is 6.76. The van der Waals surface area contributed by atoms with Crippen LogP contribution in [0.25, 0.3) is 0 Å². The summed E-state index contributed by atoms with van der Waals surface area (Å²) in [6, 6.07) is 6.07. The number of nitrogens with zero attached hydrogens (tertiary/aromatic N) is 1.